The largest absolute Gasteiger partial charge is 0.504 e. The van der Waals surface area contributed by atoms with Crippen molar-refractivity contribution >= 4 is 9.84 Å². The number of fused-ring (bicyclic) bond motifs is 4. The molecule has 12 heteroatoms. The molecule has 0 aliphatic carbocycles. The molecule has 11 nitrogen and oxygen atoms in total. The van der Waals surface area contributed by atoms with E-state index in [1.807, 2.05) is 78.9 Å². The van der Waals surface area contributed by atoms with Crippen LogP contribution < -0.4 is 23.9 Å². The van der Waals surface area contributed by atoms with Crippen molar-refractivity contribution in [1.29, 1.82) is 0 Å². The molecule has 1 N–H and O–H groups in total. The van der Waals surface area contributed by atoms with Gasteiger partial charge in [-0.1, -0.05) is 60.7 Å². The van der Waals surface area contributed by atoms with Crippen molar-refractivity contribution < 1.29 is 42.0 Å². The van der Waals surface area contributed by atoms with Gasteiger partial charge in [0.1, 0.15) is 11.5 Å². The number of phenols is 1. The third-order valence-electron chi connectivity index (χ3n) is 8.38. The number of hydrogen-bond donors (Lipinski definition) is 1. The Morgan fingerprint density at radius 2 is 1.45 bits per heavy atom. The molecule has 2 aliphatic rings. The molecule has 0 radical (unpaired) electrons. The standard InChI is InChI=1S/C39H34N2O9S/c42-34-22-18-29-14-13-28-7-4-9-32(25-28)49-37-30(19-15-27-16-20-31(21-17-27)48-36(34)26-29)8-5-12-35(37)46-23-6-24-47-38-39(41(43)50-40-38)51(44,45)33-10-2-1-3-11-33/h1-5,7-12,16-18,20-22,25-26,42H,6,13-15,19,23-24H2. The van der Waals surface area contributed by atoms with Crippen LogP contribution in [-0.2, 0) is 35.5 Å². The van der Waals surface area contributed by atoms with Crippen molar-refractivity contribution in [2.45, 2.75) is 42.0 Å². The van der Waals surface area contributed by atoms with Gasteiger partial charge in [-0.15, -0.1) is 0 Å². The summed E-state index contributed by atoms with van der Waals surface area (Å²) in [5.74, 6) is 2.52. The minimum atomic E-state index is -4.22. The number of para-hydroxylation sites is 1. The second-order valence-electron chi connectivity index (χ2n) is 11.9. The molecule has 260 valence electrons. The van der Waals surface area contributed by atoms with Gasteiger partial charge in [0.2, 0.25) is 0 Å². The van der Waals surface area contributed by atoms with E-state index in [1.165, 1.54) is 12.1 Å². The molecule has 6 bridgehead atoms. The topological polar surface area (TPSA) is 144 Å². The monoisotopic (exact) mass is 706 g/mol. The Kier molecular flexibility index (Phi) is 9.75. The van der Waals surface area contributed by atoms with E-state index >= 15 is 0 Å². The predicted octanol–water partition coefficient (Wildman–Crippen LogP) is 7.16. The minimum Gasteiger partial charge on any atom is -0.504 e. The van der Waals surface area contributed by atoms with Crippen LogP contribution in [0.15, 0.2) is 130 Å². The Balaban J connectivity index is 1.08. The predicted molar refractivity (Wildman–Crippen MR) is 185 cm³/mol. The molecule has 0 saturated carbocycles. The third kappa shape index (κ3) is 7.76. The summed E-state index contributed by atoms with van der Waals surface area (Å²) in [5.41, 5.74) is 4.16. The van der Waals surface area contributed by atoms with Crippen LogP contribution in [0.25, 0.3) is 0 Å². The van der Waals surface area contributed by atoms with Crippen LogP contribution in [0.4, 0.5) is 0 Å². The average molecular weight is 707 g/mol. The number of nitrogens with zero attached hydrogens (tertiary/aromatic N) is 2. The molecule has 51 heavy (non-hydrogen) atoms. The Labute approximate surface area is 294 Å². The second-order valence-corrected chi connectivity index (χ2v) is 13.8. The summed E-state index contributed by atoms with van der Waals surface area (Å²) in [6.45, 7) is 0.204. The third-order valence-corrected chi connectivity index (χ3v) is 10.1. The van der Waals surface area contributed by atoms with Gasteiger partial charge >= 0.3 is 10.9 Å². The molecule has 0 spiro atoms. The van der Waals surface area contributed by atoms with E-state index in [0.717, 1.165) is 41.5 Å². The van der Waals surface area contributed by atoms with Crippen molar-refractivity contribution in [2.75, 3.05) is 13.2 Å². The Morgan fingerprint density at radius 1 is 0.725 bits per heavy atom. The van der Waals surface area contributed by atoms with Gasteiger partial charge in [-0.3, -0.25) is 4.63 Å². The Bertz CT molecular complexity index is 2240. The number of aryl methyl sites for hydroxylation is 4. The summed E-state index contributed by atoms with van der Waals surface area (Å²) < 4.78 is 55.1. The van der Waals surface area contributed by atoms with Gasteiger partial charge in [0.15, 0.2) is 23.0 Å². The molecule has 0 amide bonds. The summed E-state index contributed by atoms with van der Waals surface area (Å²) in [6, 6.07) is 34.4. The van der Waals surface area contributed by atoms with Gasteiger partial charge < -0.3 is 29.3 Å². The number of benzene rings is 5. The Hall–Kier alpha value is -6.01. The molecule has 3 heterocycles. The lowest BCUT2D eigenvalue weighted by Gasteiger charge is -2.17. The maximum absolute atomic E-state index is 13.1. The van der Waals surface area contributed by atoms with Gasteiger partial charge in [-0.2, -0.15) is 0 Å². The van der Waals surface area contributed by atoms with Crippen LogP contribution in [0.3, 0.4) is 0 Å². The quantitative estimate of drug-likeness (QED) is 0.128. The van der Waals surface area contributed by atoms with Crippen LogP contribution in [0, 0.1) is 5.21 Å². The zero-order chi connectivity index (χ0) is 35.2. The molecule has 0 atom stereocenters. The van der Waals surface area contributed by atoms with E-state index in [4.69, 9.17) is 18.9 Å². The number of aromatic hydroxyl groups is 1. The van der Waals surface area contributed by atoms with Crippen molar-refractivity contribution in [3.63, 3.8) is 0 Å². The molecule has 2 aliphatic heterocycles. The first-order chi connectivity index (χ1) is 24.8. The molecular formula is C39H34N2O9S. The van der Waals surface area contributed by atoms with Gasteiger partial charge in [0.25, 0.3) is 9.84 Å². The maximum atomic E-state index is 13.1. The van der Waals surface area contributed by atoms with Gasteiger partial charge in [0.05, 0.1) is 23.3 Å². The number of rotatable bonds is 8. The highest BCUT2D eigenvalue weighted by atomic mass is 32.2. The van der Waals surface area contributed by atoms with Gasteiger partial charge in [0, 0.05) is 6.42 Å². The molecule has 8 rings (SSSR count). The highest BCUT2D eigenvalue weighted by Crippen LogP contribution is 2.37. The minimum absolute atomic E-state index is 0.00397. The fourth-order valence-electron chi connectivity index (χ4n) is 5.74. The van der Waals surface area contributed by atoms with Crippen LogP contribution in [0.5, 0.6) is 40.4 Å². The fraction of sp³-hybridized carbons (Fsp3) is 0.179. The van der Waals surface area contributed by atoms with Crippen molar-refractivity contribution in [1.82, 2.24) is 5.16 Å². The zero-order valence-corrected chi connectivity index (χ0v) is 28.3. The highest BCUT2D eigenvalue weighted by molar-refractivity contribution is 7.91. The zero-order valence-electron chi connectivity index (χ0n) is 27.4. The van der Waals surface area contributed by atoms with Crippen LogP contribution in [-0.4, -0.2) is 31.9 Å². The fourth-order valence-corrected chi connectivity index (χ4v) is 7.03. The molecule has 0 unspecified atom stereocenters. The number of phenolic OH excluding ortho intramolecular Hbond substituents is 1. The van der Waals surface area contributed by atoms with Gasteiger partial charge in [-0.05, 0) is 107 Å². The lowest BCUT2D eigenvalue weighted by molar-refractivity contribution is -0.832. The molecule has 1 aromatic heterocycles. The molecule has 0 saturated heterocycles. The lowest BCUT2D eigenvalue weighted by atomic mass is 10.0. The lowest BCUT2D eigenvalue weighted by Crippen LogP contribution is -2.31. The first-order valence-corrected chi connectivity index (χ1v) is 17.9. The summed E-state index contributed by atoms with van der Waals surface area (Å²) in [7, 11) is -4.22. The van der Waals surface area contributed by atoms with Crippen LogP contribution >= 0.6 is 0 Å². The number of hydrogen-bond acceptors (Lipinski definition) is 10. The smallest absolute Gasteiger partial charge is 0.414 e. The summed E-state index contributed by atoms with van der Waals surface area (Å²) in [4.78, 5) is -0.251. The van der Waals surface area contributed by atoms with E-state index in [0.29, 0.717) is 41.6 Å². The Morgan fingerprint density at radius 3 is 2.27 bits per heavy atom. The molecule has 5 aromatic carbocycles. The van der Waals surface area contributed by atoms with E-state index < -0.39 is 20.7 Å². The number of ether oxygens (including phenoxy) is 4. The molecule has 0 fully saturated rings. The van der Waals surface area contributed by atoms with Crippen molar-refractivity contribution in [2.24, 2.45) is 0 Å². The first-order valence-electron chi connectivity index (χ1n) is 16.5. The van der Waals surface area contributed by atoms with Gasteiger partial charge in [-0.25, -0.2) is 8.42 Å². The summed E-state index contributed by atoms with van der Waals surface area (Å²) >= 11 is 0. The second kappa shape index (κ2) is 14.9. The summed E-state index contributed by atoms with van der Waals surface area (Å²) in [6.07, 6.45) is 3.20. The van der Waals surface area contributed by atoms with Crippen molar-refractivity contribution in [3.8, 4) is 40.4 Å². The summed E-state index contributed by atoms with van der Waals surface area (Å²) in [5, 5.41) is 25.5. The first kappa shape index (κ1) is 33.5. The average Bonchev–Trinajstić information content (AvgIpc) is 3.53. The van der Waals surface area contributed by atoms with Crippen LogP contribution in [0.2, 0.25) is 0 Å². The molecular weight excluding hydrogens is 673 g/mol. The SMILES string of the molecule is O=S(=O)(c1ccccc1)c1c(OCCCOc2cccc3c2Oc2cccc(c2)CCc2ccc(O)c(c2)Oc2ccc(cc2)CC3)no[n+]1[O-]. The normalized spacial score (nSPS) is 12.9. The van der Waals surface area contributed by atoms with Crippen molar-refractivity contribution in [3.05, 3.63) is 143 Å². The van der Waals surface area contributed by atoms with Crippen LogP contribution in [0.1, 0.15) is 28.7 Å². The molecule has 6 aromatic rings. The van der Waals surface area contributed by atoms with E-state index in [9.17, 15) is 18.7 Å². The van der Waals surface area contributed by atoms with E-state index in [-0.39, 0.29) is 28.8 Å². The number of sulfone groups is 1. The maximum Gasteiger partial charge on any atom is 0.414 e. The number of aromatic nitrogens is 2. The highest BCUT2D eigenvalue weighted by Gasteiger charge is 2.35. The van der Waals surface area contributed by atoms with E-state index in [2.05, 4.69) is 9.79 Å². The van der Waals surface area contributed by atoms with E-state index in [1.54, 1.807) is 24.3 Å².